The minimum absolute atomic E-state index is 0.0485. The molecule has 23 heavy (non-hydrogen) atoms. The fourth-order valence-electron chi connectivity index (χ4n) is 4.84. The van der Waals surface area contributed by atoms with Crippen LogP contribution in [0, 0.1) is 11.2 Å². The van der Waals surface area contributed by atoms with Crippen LogP contribution in [0.25, 0.3) is 0 Å². The summed E-state index contributed by atoms with van der Waals surface area (Å²) in [7, 11) is 1.66. The first-order valence-electron chi connectivity index (χ1n) is 8.93. The summed E-state index contributed by atoms with van der Waals surface area (Å²) in [6, 6.07) is 4.44. The Morgan fingerprint density at radius 1 is 1.39 bits per heavy atom. The van der Waals surface area contributed by atoms with Crippen LogP contribution in [0.2, 0.25) is 0 Å². The van der Waals surface area contributed by atoms with Crippen LogP contribution in [0.15, 0.2) is 12.1 Å². The maximum Gasteiger partial charge on any atom is 0.128 e. The number of fused-ring (bicyclic) bond motifs is 1. The lowest BCUT2D eigenvalue weighted by Crippen LogP contribution is -2.57. The number of ether oxygens (including phenoxy) is 1. The standard InChI is InChI=1S/C19H27FN2O/c1-23-12-14-7-15-3-6-22(11-17(15)18(20)8-14)16-9-19(10-16)4-2-5-21-13-19/h7-8,16,21H,2-6,9-13H2,1H3. The van der Waals surface area contributed by atoms with Gasteiger partial charge in [-0.1, -0.05) is 6.07 Å². The minimum atomic E-state index is -0.0485. The van der Waals surface area contributed by atoms with Crippen LogP contribution < -0.4 is 5.32 Å². The summed E-state index contributed by atoms with van der Waals surface area (Å²) in [5.41, 5.74) is 3.60. The summed E-state index contributed by atoms with van der Waals surface area (Å²) in [6.45, 7) is 4.70. The van der Waals surface area contributed by atoms with E-state index in [0.717, 1.165) is 30.6 Å². The molecule has 0 atom stereocenters. The molecule has 1 spiro atoms. The van der Waals surface area contributed by atoms with Gasteiger partial charge in [0.25, 0.3) is 0 Å². The molecule has 4 rings (SSSR count). The summed E-state index contributed by atoms with van der Waals surface area (Å²) in [5, 5.41) is 3.55. The van der Waals surface area contributed by atoms with Crippen molar-refractivity contribution in [3.63, 3.8) is 0 Å². The van der Waals surface area contributed by atoms with Crippen molar-refractivity contribution in [1.29, 1.82) is 0 Å². The van der Waals surface area contributed by atoms with Crippen molar-refractivity contribution in [1.82, 2.24) is 10.2 Å². The van der Waals surface area contributed by atoms with Gasteiger partial charge in [0.1, 0.15) is 5.82 Å². The summed E-state index contributed by atoms with van der Waals surface area (Å²) < 4.78 is 19.6. The van der Waals surface area contributed by atoms with E-state index in [4.69, 9.17) is 4.74 Å². The highest BCUT2D eigenvalue weighted by Crippen LogP contribution is 2.48. The largest absolute Gasteiger partial charge is 0.380 e. The molecule has 126 valence electrons. The lowest BCUT2D eigenvalue weighted by molar-refractivity contribution is -0.0221. The molecule has 3 aliphatic rings. The summed E-state index contributed by atoms with van der Waals surface area (Å²) in [4.78, 5) is 2.52. The van der Waals surface area contributed by atoms with E-state index in [9.17, 15) is 4.39 Å². The van der Waals surface area contributed by atoms with Gasteiger partial charge in [-0.25, -0.2) is 4.39 Å². The van der Waals surface area contributed by atoms with Crippen LogP contribution in [-0.2, 0) is 24.3 Å². The number of nitrogens with zero attached hydrogens (tertiary/aromatic N) is 1. The first kappa shape index (κ1) is 15.6. The second kappa shape index (κ2) is 6.15. The van der Waals surface area contributed by atoms with Gasteiger partial charge in [0.2, 0.25) is 0 Å². The van der Waals surface area contributed by atoms with E-state index >= 15 is 0 Å². The predicted octanol–water partition coefficient (Wildman–Crippen LogP) is 2.86. The number of rotatable bonds is 3. The summed E-state index contributed by atoms with van der Waals surface area (Å²) >= 11 is 0. The van der Waals surface area contributed by atoms with Gasteiger partial charge in [0.05, 0.1) is 6.61 Å². The molecule has 1 aromatic carbocycles. The molecule has 2 aliphatic heterocycles. The van der Waals surface area contributed by atoms with E-state index in [2.05, 4.69) is 16.3 Å². The van der Waals surface area contributed by atoms with Gasteiger partial charge in [-0.15, -0.1) is 0 Å². The Bertz CT molecular complexity index is 575. The topological polar surface area (TPSA) is 24.5 Å². The van der Waals surface area contributed by atoms with Gasteiger partial charge in [0.15, 0.2) is 0 Å². The Morgan fingerprint density at radius 3 is 3.00 bits per heavy atom. The maximum atomic E-state index is 14.5. The molecule has 1 saturated heterocycles. The zero-order chi connectivity index (χ0) is 15.9. The van der Waals surface area contributed by atoms with Crippen molar-refractivity contribution < 1.29 is 9.13 Å². The first-order valence-corrected chi connectivity index (χ1v) is 8.93. The number of halogens is 1. The molecule has 0 unspecified atom stereocenters. The SMILES string of the molecule is COCc1cc(F)c2c(c1)CCN(C1CC3(CCCNC3)C1)C2. The molecule has 1 N–H and O–H groups in total. The monoisotopic (exact) mass is 318 g/mol. The number of methoxy groups -OCH3 is 1. The molecule has 0 amide bonds. The van der Waals surface area contributed by atoms with Crippen LogP contribution in [-0.4, -0.2) is 37.7 Å². The van der Waals surface area contributed by atoms with Gasteiger partial charge in [-0.2, -0.15) is 0 Å². The predicted molar refractivity (Wildman–Crippen MR) is 88.8 cm³/mol. The summed E-state index contributed by atoms with van der Waals surface area (Å²) in [5.74, 6) is -0.0485. The maximum absolute atomic E-state index is 14.5. The molecule has 1 saturated carbocycles. The van der Waals surface area contributed by atoms with E-state index in [-0.39, 0.29) is 5.82 Å². The van der Waals surface area contributed by atoms with Crippen molar-refractivity contribution >= 4 is 0 Å². The van der Waals surface area contributed by atoms with Gasteiger partial charge in [-0.3, -0.25) is 4.90 Å². The number of benzene rings is 1. The second-order valence-electron chi connectivity index (χ2n) is 7.71. The van der Waals surface area contributed by atoms with Crippen molar-refractivity contribution in [3.8, 4) is 0 Å². The fraction of sp³-hybridized carbons (Fsp3) is 0.684. The molecule has 2 heterocycles. The Balaban J connectivity index is 1.43. The number of nitrogens with one attached hydrogen (secondary N) is 1. The zero-order valence-electron chi connectivity index (χ0n) is 14.0. The van der Waals surface area contributed by atoms with Crippen LogP contribution in [0.3, 0.4) is 0 Å². The molecule has 0 bridgehead atoms. The summed E-state index contributed by atoms with van der Waals surface area (Å²) in [6.07, 6.45) is 6.23. The highest BCUT2D eigenvalue weighted by molar-refractivity contribution is 5.35. The molecule has 1 aliphatic carbocycles. The average molecular weight is 318 g/mol. The third kappa shape index (κ3) is 2.92. The van der Waals surface area contributed by atoms with Crippen LogP contribution in [0.5, 0.6) is 0 Å². The average Bonchev–Trinajstić information content (AvgIpc) is 2.53. The fourth-order valence-corrected chi connectivity index (χ4v) is 4.84. The quantitative estimate of drug-likeness (QED) is 0.927. The lowest BCUT2D eigenvalue weighted by Gasteiger charge is -2.54. The van der Waals surface area contributed by atoms with E-state index in [1.807, 2.05) is 0 Å². The Kier molecular flexibility index (Phi) is 4.16. The highest BCUT2D eigenvalue weighted by Gasteiger charge is 2.47. The van der Waals surface area contributed by atoms with Gasteiger partial charge < -0.3 is 10.1 Å². The third-order valence-corrected chi connectivity index (χ3v) is 6.10. The van der Waals surface area contributed by atoms with Crippen LogP contribution >= 0.6 is 0 Å². The molecule has 0 aromatic heterocycles. The van der Waals surface area contributed by atoms with E-state index < -0.39 is 0 Å². The Hall–Kier alpha value is -0.970. The van der Waals surface area contributed by atoms with E-state index in [1.54, 1.807) is 13.2 Å². The van der Waals surface area contributed by atoms with E-state index in [1.165, 1.54) is 44.3 Å². The lowest BCUT2D eigenvalue weighted by atomic mass is 9.61. The molecule has 2 fully saturated rings. The molecular formula is C19H27FN2O. The van der Waals surface area contributed by atoms with Crippen molar-refractivity contribution in [2.75, 3.05) is 26.7 Å². The number of hydrogen-bond acceptors (Lipinski definition) is 3. The third-order valence-electron chi connectivity index (χ3n) is 6.10. The van der Waals surface area contributed by atoms with Crippen molar-refractivity contribution in [2.24, 2.45) is 5.41 Å². The second-order valence-corrected chi connectivity index (χ2v) is 7.71. The normalized spacial score (nSPS) is 31.0. The van der Waals surface area contributed by atoms with Gasteiger partial charge in [-0.05, 0) is 61.3 Å². The molecule has 0 radical (unpaired) electrons. The van der Waals surface area contributed by atoms with Crippen molar-refractivity contribution in [2.45, 2.75) is 51.3 Å². The molecule has 1 aromatic rings. The number of hydrogen-bond donors (Lipinski definition) is 1. The Morgan fingerprint density at radius 2 is 2.26 bits per heavy atom. The van der Waals surface area contributed by atoms with Gasteiger partial charge >= 0.3 is 0 Å². The minimum Gasteiger partial charge on any atom is -0.380 e. The smallest absolute Gasteiger partial charge is 0.128 e. The van der Waals surface area contributed by atoms with Crippen molar-refractivity contribution in [3.05, 3.63) is 34.6 Å². The Labute approximate surface area is 138 Å². The number of piperidine rings is 1. The van der Waals surface area contributed by atoms with E-state index in [0.29, 0.717) is 18.1 Å². The zero-order valence-corrected chi connectivity index (χ0v) is 14.0. The molecule has 3 nitrogen and oxygen atoms in total. The van der Waals surface area contributed by atoms with Crippen LogP contribution in [0.1, 0.15) is 42.4 Å². The van der Waals surface area contributed by atoms with Gasteiger partial charge in [0, 0.05) is 38.3 Å². The molecular weight excluding hydrogens is 291 g/mol. The van der Waals surface area contributed by atoms with Crippen LogP contribution in [0.4, 0.5) is 4.39 Å². The molecule has 4 heteroatoms. The highest BCUT2D eigenvalue weighted by atomic mass is 19.1. The first-order chi connectivity index (χ1) is 11.2.